The van der Waals surface area contributed by atoms with Gasteiger partial charge in [0, 0.05) is 18.9 Å². The summed E-state index contributed by atoms with van der Waals surface area (Å²) in [5.41, 5.74) is 16.5. The predicted molar refractivity (Wildman–Crippen MR) is 151 cm³/mol. The zero-order valence-corrected chi connectivity index (χ0v) is 21.5. The van der Waals surface area contributed by atoms with Crippen LogP contribution in [0.15, 0.2) is 104 Å². The van der Waals surface area contributed by atoms with Crippen molar-refractivity contribution in [3.05, 3.63) is 154 Å². The molecule has 3 nitrogen and oxygen atoms in total. The summed E-state index contributed by atoms with van der Waals surface area (Å²) in [6.07, 6.45) is 9.24. The first kappa shape index (κ1) is 24.6. The minimum absolute atomic E-state index is 0.0241. The minimum Gasteiger partial charge on any atom is -0.326 e. The number of ketones is 1. The lowest BCUT2D eigenvalue weighted by Gasteiger charge is -2.34. The van der Waals surface area contributed by atoms with Gasteiger partial charge in [0.1, 0.15) is 0 Å². The molecule has 2 N–H and O–H groups in total. The van der Waals surface area contributed by atoms with Crippen LogP contribution in [0.1, 0.15) is 57.0 Å². The van der Waals surface area contributed by atoms with E-state index >= 15 is 0 Å². The van der Waals surface area contributed by atoms with Crippen LogP contribution >= 0.6 is 0 Å². The average Bonchev–Trinajstić information content (AvgIpc) is 2.92. The Morgan fingerprint density at radius 2 is 1.81 bits per heavy atom. The summed E-state index contributed by atoms with van der Waals surface area (Å²) < 4.78 is 0. The molecule has 37 heavy (non-hydrogen) atoms. The molecule has 3 heteroatoms. The molecule has 5 rings (SSSR count). The van der Waals surface area contributed by atoms with Gasteiger partial charge in [0.25, 0.3) is 0 Å². The number of carbonyl (C=O) groups is 1. The van der Waals surface area contributed by atoms with Gasteiger partial charge in [-0.1, -0.05) is 66.7 Å². The van der Waals surface area contributed by atoms with Crippen molar-refractivity contribution in [3.8, 4) is 0 Å². The molecule has 1 aliphatic rings. The van der Waals surface area contributed by atoms with Gasteiger partial charge in [-0.25, -0.2) is 0 Å². The highest BCUT2D eigenvalue weighted by molar-refractivity contribution is 5.99. The molecule has 0 aliphatic heterocycles. The molecule has 0 spiro atoms. The molecule has 0 fully saturated rings. The summed E-state index contributed by atoms with van der Waals surface area (Å²) in [7, 11) is 0. The number of nitrogens with zero attached hydrogens (tertiary/aromatic N) is 1. The summed E-state index contributed by atoms with van der Waals surface area (Å²) in [6.45, 7) is 8.56. The molecule has 1 heterocycles. The second kappa shape index (κ2) is 10.1. The van der Waals surface area contributed by atoms with Crippen molar-refractivity contribution in [3.63, 3.8) is 0 Å². The number of aryl methyl sites for hydroxylation is 3. The van der Waals surface area contributed by atoms with Crippen molar-refractivity contribution in [1.82, 2.24) is 4.98 Å². The third-order valence-electron chi connectivity index (χ3n) is 7.56. The number of carbonyl (C=O) groups excluding carboxylic acids is 1. The van der Waals surface area contributed by atoms with E-state index < -0.39 is 5.41 Å². The molecule has 184 valence electrons. The van der Waals surface area contributed by atoms with E-state index in [2.05, 4.69) is 85.2 Å². The lowest BCUT2D eigenvalue weighted by atomic mass is 9.68. The van der Waals surface area contributed by atoms with Gasteiger partial charge in [-0.15, -0.1) is 6.58 Å². The van der Waals surface area contributed by atoms with E-state index in [1.165, 1.54) is 11.1 Å². The highest BCUT2D eigenvalue weighted by Gasteiger charge is 2.35. The number of benzene rings is 3. The second-order valence-electron chi connectivity index (χ2n) is 9.84. The maximum Gasteiger partial charge on any atom is 0.153 e. The van der Waals surface area contributed by atoms with E-state index in [0.717, 1.165) is 57.4 Å². The summed E-state index contributed by atoms with van der Waals surface area (Å²) in [6, 6.07) is 25.8. The van der Waals surface area contributed by atoms with Crippen LogP contribution in [0.4, 0.5) is 0 Å². The Balaban J connectivity index is 1.91. The number of nitrogens with two attached hydrogens (primary N) is 1. The Morgan fingerprint density at radius 1 is 1.00 bits per heavy atom. The molecule has 1 unspecified atom stereocenters. The Bertz CT molecular complexity index is 1520. The van der Waals surface area contributed by atoms with Crippen LogP contribution in [0.2, 0.25) is 0 Å². The maximum atomic E-state index is 12.4. The first-order chi connectivity index (χ1) is 18.0. The van der Waals surface area contributed by atoms with Gasteiger partial charge in [-0.05, 0) is 101 Å². The number of rotatable bonds is 4. The number of fused-ring (bicyclic) bond motifs is 6. The normalized spacial score (nSPS) is 17.9. The fourth-order valence-electron chi connectivity index (χ4n) is 5.60. The van der Waals surface area contributed by atoms with Crippen molar-refractivity contribution in [1.29, 1.82) is 0 Å². The van der Waals surface area contributed by atoms with Crippen LogP contribution < -0.4 is 5.73 Å². The molecule has 0 radical (unpaired) electrons. The third-order valence-corrected chi connectivity index (χ3v) is 7.56. The molecule has 4 aromatic rings. The highest BCUT2D eigenvalue weighted by Crippen LogP contribution is 2.43. The summed E-state index contributed by atoms with van der Waals surface area (Å²) in [4.78, 5) is 16.9. The molecule has 1 aliphatic carbocycles. The van der Waals surface area contributed by atoms with Crippen molar-refractivity contribution >= 4 is 11.4 Å². The van der Waals surface area contributed by atoms with Crippen LogP contribution in [0.25, 0.3) is 5.57 Å². The van der Waals surface area contributed by atoms with E-state index in [4.69, 9.17) is 5.73 Å². The average molecular weight is 485 g/mol. The molecule has 0 saturated carbocycles. The van der Waals surface area contributed by atoms with Crippen molar-refractivity contribution < 1.29 is 4.79 Å². The first-order valence-corrected chi connectivity index (χ1v) is 12.8. The largest absolute Gasteiger partial charge is 0.326 e. The monoisotopic (exact) mass is 484 g/mol. The standard InChI is InChI=1S/C34H32N2O/c1-4-34(31-9-6-16-36-22-31)29-15-13-28(21-35)26(19-29)12-11-25-7-5-8-27(18-25)33(17-24(3)37)32-20-30(34)14-10-23(32)2/h4-10,13-20,22H,1,11-12,21,35H2,2-3H3/b33-17-. The van der Waals surface area contributed by atoms with Crippen molar-refractivity contribution in [2.45, 2.75) is 38.6 Å². The van der Waals surface area contributed by atoms with Gasteiger partial charge in [0.15, 0.2) is 5.78 Å². The van der Waals surface area contributed by atoms with E-state index in [1.54, 1.807) is 19.2 Å². The van der Waals surface area contributed by atoms with Crippen LogP contribution in [0, 0.1) is 6.92 Å². The molecule has 0 saturated heterocycles. The van der Waals surface area contributed by atoms with Gasteiger partial charge in [-0.2, -0.15) is 0 Å². The molecule has 0 amide bonds. The van der Waals surface area contributed by atoms with Gasteiger partial charge >= 0.3 is 0 Å². The summed E-state index contributed by atoms with van der Waals surface area (Å²) in [5, 5.41) is 0. The smallest absolute Gasteiger partial charge is 0.153 e. The third kappa shape index (κ3) is 4.47. The molecule has 3 aromatic carbocycles. The quantitative estimate of drug-likeness (QED) is 0.266. The van der Waals surface area contributed by atoms with Gasteiger partial charge in [0.05, 0.1) is 5.41 Å². The van der Waals surface area contributed by atoms with Crippen LogP contribution in [0.3, 0.4) is 0 Å². The van der Waals surface area contributed by atoms with Gasteiger partial charge < -0.3 is 5.73 Å². The minimum atomic E-state index is -0.632. The molecule has 1 atom stereocenters. The van der Waals surface area contributed by atoms with Gasteiger partial charge in [0.2, 0.25) is 0 Å². The lowest BCUT2D eigenvalue weighted by molar-refractivity contribution is -0.112. The van der Waals surface area contributed by atoms with Crippen LogP contribution in [0.5, 0.6) is 0 Å². The van der Waals surface area contributed by atoms with Crippen molar-refractivity contribution in [2.24, 2.45) is 5.73 Å². The van der Waals surface area contributed by atoms with E-state index in [-0.39, 0.29) is 5.78 Å². The van der Waals surface area contributed by atoms with Crippen LogP contribution in [-0.4, -0.2) is 10.8 Å². The first-order valence-electron chi connectivity index (χ1n) is 12.8. The second-order valence-corrected chi connectivity index (χ2v) is 9.84. The Labute approximate surface area is 219 Å². The van der Waals surface area contributed by atoms with Crippen molar-refractivity contribution in [2.75, 3.05) is 0 Å². The number of aromatic nitrogens is 1. The molecular formula is C34H32N2O. The lowest BCUT2D eigenvalue weighted by Crippen LogP contribution is -2.27. The zero-order valence-electron chi connectivity index (χ0n) is 21.5. The zero-order chi connectivity index (χ0) is 26.0. The summed E-state index contributed by atoms with van der Waals surface area (Å²) in [5.74, 6) is 0.0241. The molecular weight excluding hydrogens is 452 g/mol. The van der Waals surface area contributed by atoms with Crippen LogP contribution in [-0.2, 0) is 29.6 Å². The Hall–Kier alpha value is -4.08. The number of allylic oxidation sites excluding steroid dienone is 2. The van der Waals surface area contributed by atoms with E-state index in [1.807, 2.05) is 18.3 Å². The highest BCUT2D eigenvalue weighted by atomic mass is 16.1. The number of pyridine rings is 1. The topological polar surface area (TPSA) is 56.0 Å². The SMILES string of the molecule is C=CC1(c2cccnc2)c2ccc(CN)c(c2)CCc2cccc(c2)/C(=C/C(C)=O)c2cc1ccc2C. The fourth-order valence-corrected chi connectivity index (χ4v) is 5.60. The Morgan fingerprint density at radius 3 is 2.54 bits per heavy atom. The molecule has 1 aromatic heterocycles. The maximum absolute atomic E-state index is 12.4. The predicted octanol–water partition coefficient (Wildman–Crippen LogP) is 6.49. The van der Waals surface area contributed by atoms with Gasteiger partial charge in [-0.3, -0.25) is 9.78 Å². The summed E-state index contributed by atoms with van der Waals surface area (Å²) >= 11 is 0. The Kier molecular flexibility index (Phi) is 6.73. The van der Waals surface area contributed by atoms with E-state index in [9.17, 15) is 4.79 Å². The number of hydrogen-bond acceptors (Lipinski definition) is 3. The fraction of sp³-hybridized carbons (Fsp3) is 0.176. The number of hydrogen-bond donors (Lipinski definition) is 1. The van der Waals surface area contributed by atoms with E-state index in [0.29, 0.717) is 6.54 Å². The molecule has 6 bridgehead atoms.